The molecule has 3 aromatic carbocycles. The van der Waals surface area contributed by atoms with Crippen LogP contribution < -0.4 is 9.80 Å². The number of para-hydroxylation sites is 2. The fourth-order valence-electron chi connectivity index (χ4n) is 7.94. The van der Waals surface area contributed by atoms with Crippen molar-refractivity contribution in [3.63, 3.8) is 0 Å². The molecule has 2 aliphatic carbocycles. The maximum atomic E-state index is 14.4. The number of benzene rings is 3. The van der Waals surface area contributed by atoms with Crippen molar-refractivity contribution in [3.05, 3.63) is 101 Å². The highest BCUT2D eigenvalue weighted by molar-refractivity contribution is 6.31. The van der Waals surface area contributed by atoms with Gasteiger partial charge in [0.25, 0.3) is 0 Å². The minimum absolute atomic E-state index is 0.0705. The van der Waals surface area contributed by atoms with E-state index in [4.69, 9.17) is 11.6 Å². The number of imide groups is 2. The van der Waals surface area contributed by atoms with Crippen LogP contribution in [0.2, 0.25) is 5.02 Å². The number of nitrogens with zero attached hydrogens (tertiary/aromatic N) is 2. The molecule has 1 N–H and O–H groups in total. The van der Waals surface area contributed by atoms with Gasteiger partial charge in [0.05, 0.1) is 34.5 Å². The lowest BCUT2D eigenvalue weighted by Gasteiger charge is -2.49. The molecule has 212 valence electrons. The van der Waals surface area contributed by atoms with Crippen molar-refractivity contribution >= 4 is 46.6 Å². The number of hydrogen-bond donors (Lipinski definition) is 1. The standard InChI is InChI=1S/C34H29ClN2O5/c1-18-7-6-10-24(29(18)38)28-22-15-16-23-27(32(41)36(30(23)39)21-13-11-19(35)12-14-21)25(22)17-26-31(40)37(33(42)34(26,28)2)20-8-4-3-5-9-20/h3-15,23,25-28,38H,16-17H2,1-2H3. The molecule has 0 radical (unpaired) electrons. The normalized spacial score (nSPS) is 30.3. The molecule has 8 heteroatoms. The fourth-order valence-corrected chi connectivity index (χ4v) is 8.07. The molecule has 0 spiro atoms. The third-order valence-corrected chi connectivity index (χ3v) is 10.2. The van der Waals surface area contributed by atoms with E-state index in [0.717, 1.165) is 5.57 Å². The second-order valence-electron chi connectivity index (χ2n) is 12.0. The Morgan fingerprint density at radius 3 is 2.21 bits per heavy atom. The Hall–Kier alpha value is -4.23. The molecular weight excluding hydrogens is 552 g/mol. The zero-order valence-corrected chi connectivity index (χ0v) is 23.9. The molecule has 0 aromatic heterocycles. The van der Waals surface area contributed by atoms with Crippen LogP contribution in [-0.4, -0.2) is 28.7 Å². The van der Waals surface area contributed by atoms with Gasteiger partial charge in [-0.05, 0) is 74.6 Å². The number of aryl methyl sites for hydroxylation is 1. The minimum atomic E-state index is -1.20. The number of fused-ring (bicyclic) bond motifs is 4. The Kier molecular flexibility index (Phi) is 5.96. The number of carbonyl (C=O) groups is 4. The number of phenols is 1. The quantitative estimate of drug-likeness (QED) is 0.313. The van der Waals surface area contributed by atoms with Crippen molar-refractivity contribution in [1.29, 1.82) is 0 Å². The van der Waals surface area contributed by atoms with Crippen LogP contribution in [0.4, 0.5) is 11.4 Å². The van der Waals surface area contributed by atoms with E-state index < -0.39 is 35.0 Å². The van der Waals surface area contributed by atoms with Gasteiger partial charge in [0.1, 0.15) is 5.75 Å². The first-order valence-electron chi connectivity index (χ1n) is 14.2. The Balaban J connectivity index is 1.38. The maximum absolute atomic E-state index is 14.4. The van der Waals surface area contributed by atoms with Crippen LogP contribution in [0.3, 0.4) is 0 Å². The highest BCUT2D eigenvalue weighted by atomic mass is 35.5. The molecule has 1 saturated carbocycles. The predicted molar refractivity (Wildman–Crippen MR) is 158 cm³/mol. The van der Waals surface area contributed by atoms with E-state index in [1.165, 1.54) is 9.80 Å². The van der Waals surface area contributed by atoms with E-state index in [1.807, 2.05) is 25.1 Å². The lowest BCUT2D eigenvalue weighted by Crippen LogP contribution is -2.49. The van der Waals surface area contributed by atoms with Crippen molar-refractivity contribution in [1.82, 2.24) is 0 Å². The summed E-state index contributed by atoms with van der Waals surface area (Å²) in [6.45, 7) is 3.61. The highest BCUT2D eigenvalue weighted by Crippen LogP contribution is 2.64. The van der Waals surface area contributed by atoms with Gasteiger partial charge in [-0.15, -0.1) is 0 Å². The molecule has 4 amide bonds. The number of allylic oxidation sites excluding steroid dienone is 2. The number of aromatic hydroxyl groups is 1. The third kappa shape index (κ3) is 3.52. The summed E-state index contributed by atoms with van der Waals surface area (Å²) in [5.41, 5.74) is 1.80. The van der Waals surface area contributed by atoms with Crippen molar-refractivity contribution < 1.29 is 24.3 Å². The smallest absolute Gasteiger partial charge is 0.241 e. The van der Waals surface area contributed by atoms with E-state index in [0.29, 0.717) is 33.9 Å². The maximum Gasteiger partial charge on any atom is 0.241 e. The summed E-state index contributed by atoms with van der Waals surface area (Å²) in [6, 6.07) is 20.9. The monoisotopic (exact) mass is 580 g/mol. The van der Waals surface area contributed by atoms with E-state index in [9.17, 15) is 24.3 Å². The van der Waals surface area contributed by atoms with E-state index in [1.54, 1.807) is 67.6 Å². The summed E-state index contributed by atoms with van der Waals surface area (Å²) >= 11 is 6.07. The van der Waals surface area contributed by atoms with Crippen LogP contribution in [0.25, 0.3) is 0 Å². The van der Waals surface area contributed by atoms with Crippen LogP contribution in [0.15, 0.2) is 84.4 Å². The fraction of sp³-hybridized carbons (Fsp3) is 0.294. The molecule has 3 aromatic rings. The second-order valence-corrected chi connectivity index (χ2v) is 12.4. The van der Waals surface area contributed by atoms with Crippen LogP contribution >= 0.6 is 11.6 Å². The Labute approximate surface area is 248 Å². The molecule has 6 unspecified atom stereocenters. The predicted octanol–water partition coefficient (Wildman–Crippen LogP) is 5.79. The summed E-state index contributed by atoms with van der Waals surface area (Å²) in [7, 11) is 0. The summed E-state index contributed by atoms with van der Waals surface area (Å²) in [5, 5.41) is 11.8. The minimum Gasteiger partial charge on any atom is -0.507 e. The number of halogens is 1. The molecule has 6 atom stereocenters. The molecule has 7 nitrogen and oxygen atoms in total. The molecule has 0 bridgehead atoms. The van der Waals surface area contributed by atoms with Gasteiger partial charge in [-0.3, -0.25) is 24.1 Å². The average Bonchev–Trinajstić information content (AvgIpc) is 3.35. The van der Waals surface area contributed by atoms with Gasteiger partial charge in [0.15, 0.2) is 0 Å². The van der Waals surface area contributed by atoms with Crippen molar-refractivity contribution in [2.75, 3.05) is 9.80 Å². The number of hydrogen-bond acceptors (Lipinski definition) is 5. The first kappa shape index (κ1) is 26.7. The number of rotatable bonds is 3. The van der Waals surface area contributed by atoms with E-state index in [-0.39, 0.29) is 35.8 Å². The lowest BCUT2D eigenvalue weighted by atomic mass is 9.51. The largest absolute Gasteiger partial charge is 0.507 e. The number of anilines is 2. The zero-order valence-electron chi connectivity index (χ0n) is 23.2. The first-order chi connectivity index (χ1) is 20.1. The molecule has 2 saturated heterocycles. The van der Waals surface area contributed by atoms with Crippen LogP contribution in [-0.2, 0) is 19.2 Å². The van der Waals surface area contributed by atoms with Crippen molar-refractivity contribution in [3.8, 4) is 5.75 Å². The average molecular weight is 581 g/mol. The topological polar surface area (TPSA) is 95.0 Å². The van der Waals surface area contributed by atoms with Gasteiger partial charge >= 0.3 is 0 Å². The molecule has 42 heavy (non-hydrogen) atoms. The molecule has 4 aliphatic rings. The number of amides is 4. The number of carbonyl (C=O) groups excluding carboxylic acids is 4. The first-order valence-corrected chi connectivity index (χ1v) is 14.6. The van der Waals surface area contributed by atoms with Crippen LogP contribution in [0.5, 0.6) is 5.75 Å². The Bertz CT molecular complexity index is 1700. The molecular formula is C34H29ClN2O5. The van der Waals surface area contributed by atoms with Gasteiger partial charge in [-0.25, -0.2) is 4.90 Å². The van der Waals surface area contributed by atoms with Gasteiger partial charge in [0, 0.05) is 16.5 Å². The summed E-state index contributed by atoms with van der Waals surface area (Å²) in [4.78, 5) is 58.8. The van der Waals surface area contributed by atoms with E-state index >= 15 is 0 Å². The zero-order chi connectivity index (χ0) is 29.5. The van der Waals surface area contributed by atoms with Gasteiger partial charge < -0.3 is 5.11 Å². The Morgan fingerprint density at radius 2 is 1.50 bits per heavy atom. The van der Waals surface area contributed by atoms with Crippen LogP contribution in [0, 0.1) is 36.0 Å². The van der Waals surface area contributed by atoms with Gasteiger partial charge in [-0.1, -0.05) is 59.6 Å². The summed E-state index contributed by atoms with van der Waals surface area (Å²) in [5.74, 6) is -4.26. The summed E-state index contributed by atoms with van der Waals surface area (Å²) in [6.07, 6.45) is 2.58. The molecule has 3 fully saturated rings. The summed E-state index contributed by atoms with van der Waals surface area (Å²) < 4.78 is 0. The van der Waals surface area contributed by atoms with Crippen molar-refractivity contribution in [2.45, 2.75) is 32.6 Å². The van der Waals surface area contributed by atoms with Crippen LogP contribution in [0.1, 0.15) is 36.8 Å². The number of phenolic OH excluding ortho intramolecular Hbond substituents is 1. The third-order valence-electron chi connectivity index (χ3n) is 9.95. The Morgan fingerprint density at radius 1 is 0.810 bits per heavy atom. The lowest BCUT2D eigenvalue weighted by molar-refractivity contribution is -0.131. The van der Waals surface area contributed by atoms with Gasteiger partial charge in [-0.2, -0.15) is 0 Å². The van der Waals surface area contributed by atoms with Gasteiger partial charge in [0.2, 0.25) is 23.6 Å². The SMILES string of the molecule is Cc1cccc(C2C3=CCC4C(=O)N(c5ccc(Cl)cc5)C(=O)C4C3CC3C(=O)N(c4ccccc4)C(=O)C32C)c1O. The highest BCUT2D eigenvalue weighted by Gasteiger charge is 2.68. The molecule has 2 heterocycles. The molecule has 2 aliphatic heterocycles. The molecule has 7 rings (SSSR count). The van der Waals surface area contributed by atoms with E-state index in [2.05, 4.69) is 0 Å². The van der Waals surface area contributed by atoms with Crippen molar-refractivity contribution in [2.24, 2.45) is 29.1 Å². The second kappa shape index (κ2) is 9.39.